The number of halogens is 1. The van der Waals surface area contributed by atoms with Crippen LogP contribution in [-0.2, 0) is 9.63 Å². The smallest absolute Gasteiger partial charge is 0.265 e. The van der Waals surface area contributed by atoms with Crippen LogP contribution in [-0.4, -0.2) is 37.6 Å². The highest BCUT2D eigenvalue weighted by Gasteiger charge is 2.11. The molecule has 0 unspecified atom stereocenters. The second-order valence-electron chi connectivity index (χ2n) is 3.27. The number of nitrogens with one attached hydrogen (secondary N) is 1. The van der Waals surface area contributed by atoms with Crippen LogP contribution in [0.3, 0.4) is 0 Å². The number of rotatable bonds is 4. The SMILES string of the molecule is CON(C)C(=O)CNC(=O)c1cccc(Cl)c1. The minimum atomic E-state index is -0.356. The molecule has 1 N–H and O–H groups in total. The fourth-order valence-corrected chi connectivity index (χ4v) is 1.29. The van der Waals surface area contributed by atoms with Gasteiger partial charge < -0.3 is 5.32 Å². The number of amides is 2. The Morgan fingerprint density at radius 1 is 1.47 bits per heavy atom. The third-order valence-corrected chi connectivity index (χ3v) is 2.35. The molecule has 0 aliphatic heterocycles. The second kappa shape index (κ2) is 6.22. The van der Waals surface area contributed by atoms with Gasteiger partial charge in [-0.3, -0.25) is 14.4 Å². The van der Waals surface area contributed by atoms with Crippen LogP contribution in [0.15, 0.2) is 24.3 Å². The van der Waals surface area contributed by atoms with Gasteiger partial charge in [-0.25, -0.2) is 5.06 Å². The Bertz CT molecular complexity index is 423. The van der Waals surface area contributed by atoms with Gasteiger partial charge in [-0.1, -0.05) is 17.7 Å². The molecule has 92 valence electrons. The summed E-state index contributed by atoms with van der Waals surface area (Å²) in [6.45, 7) is -0.129. The number of hydrogen-bond acceptors (Lipinski definition) is 3. The summed E-state index contributed by atoms with van der Waals surface area (Å²) in [7, 11) is 2.84. The molecular weight excluding hydrogens is 244 g/mol. The summed E-state index contributed by atoms with van der Waals surface area (Å²) in [6, 6.07) is 6.48. The zero-order chi connectivity index (χ0) is 12.8. The Balaban J connectivity index is 2.53. The number of hydroxylamine groups is 2. The number of benzene rings is 1. The number of carbonyl (C=O) groups is 2. The highest BCUT2D eigenvalue weighted by Crippen LogP contribution is 2.10. The summed E-state index contributed by atoms with van der Waals surface area (Å²) in [5, 5.41) is 3.98. The highest BCUT2D eigenvalue weighted by molar-refractivity contribution is 6.30. The van der Waals surface area contributed by atoms with Crippen molar-refractivity contribution < 1.29 is 14.4 Å². The van der Waals surface area contributed by atoms with Crippen LogP contribution in [0.4, 0.5) is 0 Å². The van der Waals surface area contributed by atoms with E-state index in [1.54, 1.807) is 18.2 Å². The summed E-state index contributed by atoms with van der Waals surface area (Å²) < 4.78 is 0. The molecule has 0 atom stereocenters. The van der Waals surface area contributed by atoms with Crippen molar-refractivity contribution in [1.29, 1.82) is 0 Å². The fourth-order valence-electron chi connectivity index (χ4n) is 1.10. The predicted molar refractivity (Wildman–Crippen MR) is 63.6 cm³/mol. The molecule has 0 aliphatic rings. The van der Waals surface area contributed by atoms with Crippen molar-refractivity contribution in [2.24, 2.45) is 0 Å². The molecule has 1 aromatic rings. The van der Waals surface area contributed by atoms with Crippen molar-refractivity contribution in [2.75, 3.05) is 20.7 Å². The van der Waals surface area contributed by atoms with E-state index >= 15 is 0 Å². The fraction of sp³-hybridized carbons (Fsp3) is 0.273. The van der Waals surface area contributed by atoms with Crippen LogP contribution in [0.2, 0.25) is 5.02 Å². The Labute approximate surface area is 104 Å². The van der Waals surface area contributed by atoms with E-state index in [2.05, 4.69) is 10.2 Å². The largest absolute Gasteiger partial charge is 0.343 e. The molecule has 0 aliphatic carbocycles. The summed E-state index contributed by atoms with van der Waals surface area (Å²) in [6.07, 6.45) is 0. The molecule has 17 heavy (non-hydrogen) atoms. The molecule has 1 aromatic carbocycles. The molecule has 0 spiro atoms. The standard InChI is InChI=1S/C11H13ClN2O3/c1-14(17-2)10(15)7-13-11(16)8-4-3-5-9(12)6-8/h3-6H,7H2,1-2H3,(H,13,16). The topological polar surface area (TPSA) is 58.6 Å². The third-order valence-electron chi connectivity index (χ3n) is 2.11. The molecule has 1 rings (SSSR count). The lowest BCUT2D eigenvalue weighted by Gasteiger charge is -2.13. The van der Waals surface area contributed by atoms with E-state index in [0.29, 0.717) is 10.6 Å². The average Bonchev–Trinajstić information content (AvgIpc) is 2.34. The van der Waals surface area contributed by atoms with E-state index in [0.717, 1.165) is 5.06 Å². The Morgan fingerprint density at radius 2 is 2.18 bits per heavy atom. The van der Waals surface area contributed by atoms with Gasteiger partial charge in [0.15, 0.2) is 0 Å². The van der Waals surface area contributed by atoms with E-state index in [1.165, 1.54) is 20.2 Å². The first-order valence-electron chi connectivity index (χ1n) is 4.89. The third kappa shape index (κ3) is 4.05. The van der Waals surface area contributed by atoms with Crippen LogP contribution in [0.25, 0.3) is 0 Å². The minimum absolute atomic E-state index is 0.129. The highest BCUT2D eigenvalue weighted by atomic mass is 35.5. The molecule has 0 fully saturated rings. The first-order valence-corrected chi connectivity index (χ1v) is 5.27. The molecule has 0 saturated heterocycles. The predicted octanol–water partition coefficient (Wildman–Crippen LogP) is 1.09. The van der Waals surface area contributed by atoms with Gasteiger partial charge in [0.1, 0.15) is 0 Å². The van der Waals surface area contributed by atoms with E-state index in [4.69, 9.17) is 11.6 Å². The zero-order valence-electron chi connectivity index (χ0n) is 9.57. The lowest BCUT2D eigenvalue weighted by molar-refractivity contribution is -0.167. The number of nitrogens with zero attached hydrogens (tertiary/aromatic N) is 1. The molecule has 0 radical (unpaired) electrons. The van der Waals surface area contributed by atoms with Crippen LogP contribution in [0, 0.1) is 0 Å². The summed E-state index contributed by atoms with van der Waals surface area (Å²) in [4.78, 5) is 27.6. The van der Waals surface area contributed by atoms with E-state index in [1.807, 2.05) is 0 Å². The van der Waals surface area contributed by atoms with Crippen molar-refractivity contribution >= 4 is 23.4 Å². The van der Waals surface area contributed by atoms with Gasteiger partial charge in [0.2, 0.25) is 0 Å². The lowest BCUT2D eigenvalue weighted by Crippen LogP contribution is -2.37. The van der Waals surface area contributed by atoms with E-state index in [-0.39, 0.29) is 18.4 Å². The van der Waals surface area contributed by atoms with Crippen molar-refractivity contribution in [1.82, 2.24) is 10.4 Å². The van der Waals surface area contributed by atoms with Crippen molar-refractivity contribution in [2.45, 2.75) is 0 Å². The van der Waals surface area contributed by atoms with Gasteiger partial charge >= 0.3 is 0 Å². The maximum atomic E-state index is 11.6. The van der Waals surface area contributed by atoms with Gasteiger partial charge in [0.25, 0.3) is 11.8 Å². The molecule has 6 heteroatoms. The average molecular weight is 257 g/mol. The summed E-state index contributed by atoms with van der Waals surface area (Å²) >= 11 is 5.75. The number of carbonyl (C=O) groups excluding carboxylic acids is 2. The zero-order valence-corrected chi connectivity index (χ0v) is 10.3. The first-order chi connectivity index (χ1) is 8.04. The quantitative estimate of drug-likeness (QED) is 0.821. The van der Waals surface area contributed by atoms with Gasteiger partial charge in [0.05, 0.1) is 13.7 Å². The molecule has 0 heterocycles. The summed E-state index contributed by atoms with van der Waals surface area (Å²) in [5.41, 5.74) is 0.408. The molecular formula is C11H13ClN2O3. The molecule has 0 aromatic heterocycles. The number of hydrogen-bond donors (Lipinski definition) is 1. The first kappa shape index (κ1) is 13.5. The molecule has 0 saturated carbocycles. The Morgan fingerprint density at radius 3 is 2.76 bits per heavy atom. The monoisotopic (exact) mass is 256 g/mol. The molecule has 0 bridgehead atoms. The van der Waals surface area contributed by atoms with Gasteiger partial charge in [-0.05, 0) is 18.2 Å². The van der Waals surface area contributed by atoms with E-state index < -0.39 is 0 Å². The Kier molecular flexibility index (Phi) is 4.93. The normalized spacial score (nSPS) is 9.82. The van der Waals surface area contributed by atoms with Crippen molar-refractivity contribution in [3.63, 3.8) is 0 Å². The van der Waals surface area contributed by atoms with E-state index in [9.17, 15) is 9.59 Å². The maximum Gasteiger partial charge on any atom is 0.265 e. The van der Waals surface area contributed by atoms with Crippen molar-refractivity contribution in [3.05, 3.63) is 34.9 Å². The Hall–Kier alpha value is -1.59. The van der Waals surface area contributed by atoms with Gasteiger partial charge in [0, 0.05) is 17.6 Å². The maximum absolute atomic E-state index is 11.6. The number of likely N-dealkylation sites (N-methyl/N-ethyl adjacent to an activating group) is 1. The lowest BCUT2D eigenvalue weighted by atomic mass is 10.2. The van der Waals surface area contributed by atoms with Crippen molar-refractivity contribution in [3.8, 4) is 0 Å². The summed E-state index contributed by atoms with van der Waals surface area (Å²) in [5.74, 6) is -0.701. The molecule has 2 amide bonds. The second-order valence-corrected chi connectivity index (χ2v) is 3.70. The minimum Gasteiger partial charge on any atom is -0.343 e. The van der Waals surface area contributed by atoms with Gasteiger partial charge in [-0.15, -0.1) is 0 Å². The van der Waals surface area contributed by atoms with Crippen LogP contribution < -0.4 is 5.32 Å². The molecule has 5 nitrogen and oxygen atoms in total. The van der Waals surface area contributed by atoms with Crippen LogP contribution in [0.5, 0.6) is 0 Å². The van der Waals surface area contributed by atoms with Gasteiger partial charge in [-0.2, -0.15) is 0 Å². The van der Waals surface area contributed by atoms with Crippen LogP contribution >= 0.6 is 11.6 Å². The van der Waals surface area contributed by atoms with Crippen LogP contribution in [0.1, 0.15) is 10.4 Å².